The Hall–Kier alpha value is -2.36. The van der Waals surface area contributed by atoms with Gasteiger partial charge in [-0.25, -0.2) is 9.97 Å². The Bertz CT molecular complexity index is 1070. The highest BCUT2D eigenvalue weighted by Crippen LogP contribution is 2.29. The number of rotatable bonds is 5. The zero-order valence-corrected chi connectivity index (χ0v) is 17.0. The maximum absolute atomic E-state index is 12.2. The van der Waals surface area contributed by atoms with Gasteiger partial charge in [0.25, 0.3) is 0 Å². The number of aryl methyl sites for hydroxylation is 2. The molecule has 0 spiro atoms. The average Bonchev–Trinajstić information content (AvgIpc) is 3.22. The number of thiazole rings is 2. The Morgan fingerprint density at radius 3 is 2.63 bits per heavy atom. The number of nitrogens with zero attached hydrogens (tertiary/aromatic N) is 4. The lowest BCUT2D eigenvalue weighted by atomic mass is 10.3. The maximum Gasteiger partial charge on any atom is 0.236 e. The first-order chi connectivity index (χ1) is 13.1. The second kappa shape index (κ2) is 7.71. The number of anilines is 1. The van der Waals surface area contributed by atoms with Gasteiger partial charge in [0.05, 0.1) is 31.5 Å². The molecule has 0 atom stereocenters. The summed E-state index contributed by atoms with van der Waals surface area (Å²) < 4.78 is 1.05. The van der Waals surface area contributed by atoms with Crippen molar-refractivity contribution < 1.29 is 4.79 Å². The zero-order chi connectivity index (χ0) is 18.8. The largest absolute Gasteiger partial charge is 0.301 e. The molecule has 0 aliphatic heterocycles. The van der Waals surface area contributed by atoms with Gasteiger partial charge in [-0.3, -0.25) is 4.79 Å². The summed E-state index contributed by atoms with van der Waals surface area (Å²) in [4.78, 5) is 22.0. The Balaban J connectivity index is 1.36. The van der Waals surface area contributed by atoms with E-state index in [1.807, 2.05) is 50.2 Å². The molecule has 0 unspecified atom stereocenters. The molecule has 27 heavy (non-hydrogen) atoms. The van der Waals surface area contributed by atoms with Gasteiger partial charge in [0.1, 0.15) is 10.7 Å². The van der Waals surface area contributed by atoms with Crippen molar-refractivity contribution in [1.29, 1.82) is 0 Å². The van der Waals surface area contributed by atoms with Gasteiger partial charge in [0, 0.05) is 0 Å². The molecule has 0 fully saturated rings. The minimum Gasteiger partial charge on any atom is -0.301 e. The van der Waals surface area contributed by atoms with E-state index in [1.54, 1.807) is 11.3 Å². The molecule has 4 rings (SSSR count). The van der Waals surface area contributed by atoms with E-state index in [-0.39, 0.29) is 11.7 Å². The summed E-state index contributed by atoms with van der Waals surface area (Å²) in [6.45, 7) is 3.94. The van der Waals surface area contributed by atoms with Gasteiger partial charge in [-0.2, -0.15) is 0 Å². The van der Waals surface area contributed by atoms with Crippen LogP contribution in [0.3, 0.4) is 0 Å². The van der Waals surface area contributed by atoms with Crippen LogP contribution in [0.4, 0.5) is 5.13 Å². The summed E-state index contributed by atoms with van der Waals surface area (Å²) in [7, 11) is 0. The van der Waals surface area contributed by atoms with Crippen LogP contribution in [0.5, 0.6) is 0 Å². The molecule has 0 saturated carbocycles. The van der Waals surface area contributed by atoms with Gasteiger partial charge >= 0.3 is 0 Å². The molecule has 3 aromatic heterocycles. The number of fused-ring (bicyclic) bond motifs is 1. The number of benzene rings is 1. The lowest BCUT2D eigenvalue weighted by Crippen LogP contribution is -2.13. The third kappa shape index (κ3) is 4.15. The van der Waals surface area contributed by atoms with E-state index in [0.717, 1.165) is 31.5 Å². The first kappa shape index (κ1) is 18.0. The highest BCUT2D eigenvalue weighted by atomic mass is 32.2. The Kier molecular flexibility index (Phi) is 5.15. The molecule has 0 bridgehead atoms. The van der Waals surface area contributed by atoms with Crippen LogP contribution < -0.4 is 5.32 Å². The summed E-state index contributed by atoms with van der Waals surface area (Å²) in [5, 5.41) is 13.7. The molecule has 4 aromatic rings. The van der Waals surface area contributed by atoms with Crippen molar-refractivity contribution in [2.45, 2.75) is 18.9 Å². The Morgan fingerprint density at radius 2 is 1.93 bits per heavy atom. The van der Waals surface area contributed by atoms with Crippen LogP contribution in [0.1, 0.15) is 10.7 Å². The molecule has 9 heteroatoms. The van der Waals surface area contributed by atoms with Crippen LogP contribution in [0.2, 0.25) is 0 Å². The van der Waals surface area contributed by atoms with Crippen molar-refractivity contribution >= 4 is 55.7 Å². The minimum atomic E-state index is -0.112. The third-order valence-corrected chi connectivity index (χ3v) is 6.63. The maximum atomic E-state index is 12.2. The number of hydrogen-bond acceptors (Lipinski definition) is 8. The molecule has 3 heterocycles. The van der Waals surface area contributed by atoms with Crippen LogP contribution in [0, 0.1) is 13.8 Å². The van der Waals surface area contributed by atoms with E-state index in [9.17, 15) is 4.79 Å². The number of carbonyl (C=O) groups excluding carboxylic acids is 1. The fraction of sp³-hybridized carbons (Fsp3) is 0.167. The lowest BCUT2D eigenvalue weighted by molar-refractivity contribution is -0.113. The molecular formula is C18H15N5OS3. The van der Waals surface area contributed by atoms with Gasteiger partial charge < -0.3 is 5.32 Å². The summed E-state index contributed by atoms with van der Waals surface area (Å²) >= 11 is 4.42. The zero-order valence-electron chi connectivity index (χ0n) is 14.6. The van der Waals surface area contributed by atoms with E-state index in [4.69, 9.17) is 0 Å². The van der Waals surface area contributed by atoms with Crippen molar-refractivity contribution in [3.8, 4) is 10.6 Å². The minimum absolute atomic E-state index is 0.112. The molecule has 136 valence electrons. The Morgan fingerprint density at radius 1 is 1.07 bits per heavy atom. The third-order valence-electron chi connectivity index (χ3n) is 3.67. The van der Waals surface area contributed by atoms with Crippen LogP contribution in [0.15, 0.2) is 41.4 Å². The molecule has 1 N–H and O–H groups in total. The van der Waals surface area contributed by atoms with Gasteiger partial charge in [-0.05, 0) is 38.1 Å². The Labute approximate surface area is 168 Å². The first-order valence-corrected chi connectivity index (χ1v) is 10.8. The van der Waals surface area contributed by atoms with Crippen LogP contribution >= 0.6 is 34.4 Å². The highest BCUT2D eigenvalue weighted by molar-refractivity contribution is 7.99. The monoisotopic (exact) mass is 413 g/mol. The second-order valence-electron chi connectivity index (χ2n) is 5.73. The van der Waals surface area contributed by atoms with Crippen molar-refractivity contribution in [3.05, 3.63) is 47.1 Å². The predicted octanol–water partition coefficient (Wildman–Crippen LogP) is 4.56. The van der Waals surface area contributed by atoms with E-state index < -0.39 is 0 Å². The predicted molar refractivity (Wildman–Crippen MR) is 112 cm³/mol. The molecule has 0 aliphatic carbocycles. The van der Waals surface area contributed by atoms with Gasteiger partial charge in [-0.15, -0.1) is 21.5 Å². The number of amides is 1. The summed E-state index contributed by atoms with van der Waals surface area (Å²) in [5.74, 6) is 0.140. The van der Waals surface area contributed by atoms with Crippen LogP contribution in [-0.2, 0) is 4.79 Å². The number of para-hydroxylation sites is 1. The van der Waals surface area contributed by atoms with E-state index >= 15 is 0 Å². The van der Waals surface area contributed by atoms with Crippen molar-refractivity contribution in [2.75, 3.05) is 11.1 Å². The quantitative estimate of drug-likeness (QED) is 0.483. The molecule has 0 saturated heterocycles. The van der Waals surface area contributed by atoms with E-state index in [0.29, 0.717) is 10.2 Å². The average molecular weight is 414 g/mol. The van der Waals surface area contributed by atoms with Crippen molar-refractivity contribution in [1.82, 2.24) is 20.2 Å². The normalized spacial score (nSPS) is 11.0. The van der Waals surface area contributed by atoms with Crippen molar-refractivity contribution in [3.63, 3.8) is 0 Å². The van der Waals surface area contributed by atoms with Gasteiger partial charge in [0.15, 0.2) is 5.13 Å². The topological polar surface area (TPSA) is 80.7 Å². The number of aromatic nitrogens is 4. The summed E-state index contributed by atoms with van der Waals surface area (Å²) in [5.41, 5.74) is 2.66. The fourth-order valence-electron chi connectivity index (χ4n) is 2.51. The number of thioether (sulfide) groups is 1. The van der Waals surface area contributed by atoms with Crippen LogP contribution in [-0.4, -0.2) is 31.8 Å². The second-order valence-corrected chi connectivity index (χ2v) is 8.96. The molecule has 1 amide bonds. The molecule has 0 aliphatic rings. The number of carbonyl (C=O) groups is 1. The van der Waals surface area contributed by atoms with Gasteiger partial charge in [0.2, 0.25) is 5.91 Å². The molecular weight excluding hydrogens is 398 g/mol. The standard InChI is InChI=1S/C18H15N5OS3/c1-10-17(26-11(2)19-10)13-7-8-16(23-22-13)25-9-15(24)21-18-20-12-5-3-4-6-14(12)27-18/h3-8H,9H2,1-2H3,(H,20,21,24). The smallest absolute Gasteiger partial charge is 0.236 e. The van der Waals surface area contributed by atoms with E-state index in [2.05, 4.69) is 25.5 Å². The van der Waals surface area contributed by atoms with E-state index in [1.165, 1.54) is 23.1 Å². The lowest BCUT2D eigenvalue weighted by Gasteiger charge is -2.02. The SMILES string of the molecule is Cc1nc(C)c(-c2ccc(SCC(=O)Nc3nc4ccccc4s3)nn2)s1. The van der Waals surface area contributed by atoms with Gasteiger partial charge in [-0.1, -0.05) is 35.2 Å². The molecule has 6 nitrogen and oxygen atoms in total. The molecule has 0 radical (unpaired) electrons. The van der Waals surface area contributed by atoms with Crippen LogP contribution in [0.25, 0.3) is 20.8 Å². The highest BCUT2D eigenvalue weighted by Gasteiger charge is 2.11. The molecule has 1 aromatic carbocycles. The van der Waals surface area contributed by atoms with Crippen molar-refractivity contribution in [2.24, 2.45) is 0 Å². The summed E-state index contributed by atoms with van der Waals surface area (Å²) in [6.07, 6.45) is 0. The first-order valence-electron chi connectivity index (χ1n) is 8.15. The number of hydrogen-bond donors (Lipinski definition) is 1. The fourth-order valence-corrected chi connectivity index (χ4v) is 4.89. The summed E-state index contributed by atoms with van der Waals surface area (Å²) in [6, 6.07) is 11.6. The number of nitrogens with one attached hydrogen (secondary N) is 1.